The average molecular weight is 394 g/mol. The molecule has 13 nitrogen and oxygen atoms in total. The molecule has 8 atom stereocenters. The van der Waals surface area contributed by atoms with Crippen LogP contribution in [0.4, 0.5) is 0 Å². The monoisotopic (exact) mass is 394 g/mol. The smallest absolute Gasteiger partial charge is 0.371 e. The van der Waals surface area contributed by atoms with Gasteiger partial charge in [-0.2, -0.15) is 0 Å². The molecule has 0 spiro atoms. The molecule has 2 aliphatic rings. The minimum Gasteiger partial charge on any atom is -0.475 e. The number of carboxylic acid groups (broad SMARTS) is 1. The number of nitrogens with one attached hydrogen (secondary N) is 1. The van der Waals surface area contributed by atoms with Crippen LogP contribution in [0.2, 0.25) is 0 Å². The van der Waals surface area contributed by atoms with Crippen LogP contribution in [-0.2, 0) is 28.6 Å². The Morgan fingerprint density at radius 2 is 1.96 bits per heavy atom. The zero-order valence-corrected chi connectivity index (χ0v) is 14.2. The lowest BCUT2D eigenvalue weighted by Crippen LogP contribution is -2.66. The Bertz CT molecular complexity index is 585. The maximum atomic E-state index is 11.4. The van der Waals surface area contributed by atoms with Gasteiger partial charge in [0.15, 0.2) is 12.4 Å². The highest BCUT2D eigenvalue weighted by Crippen LogP contribution is 2.28. The van der Waals surface area contributed by atoms with E-state index in [1.165, 1.54) is 0 Å². The highest BCUT2D eigenvalue weighted by molar-refractivity contribution is 5.84. The normalized spacial score (nSPS) is 39.3. The molecule has 0 aromatic heterocycles. The number of aliphatic carboxylic acids is 1. The van der Waals surface area contributed by atoms with Gasteiger partial charge in [0.25, 0.3) is 0 Å². The number of aliphatic hydroxyl groups excluding tert-OH is 4. The molecule has 2 aliphatic heterocycles. The number of nitrogens with two attached hydrogens (primary N) is 1. The van der Waals surface area contributed by atoms with Crippen LogP contribution >= 0.6 is 0 Å². The van der Waals surface area contributed by atoms with E-state index >= 15 is 0 Å². The minimum absolute atomic E-state index is 0.590. The fraction of sp³-hybridized carbons (Fsp3) is 0.714. The van der Waals surface area contributed by atoms with Gasteiger partial charge in [-0.1, -0.05) is 0 Å². The van der Waals surface area contributed by atoms with Gasteiger partial charge in [0.05, 0.1) is 6.61 Å². The van der Waals surface area contributed by atoms with Crippen LogP contribution in [0.3, 0.4) is 0 Å². The first-order valence-electron chi connectivity index (χ1n) is 7.90. The molecule has 27 heavy (non-hydrogen) atoms. The Hall–Kier alpha value is -1.84. The van der Waals surface area contributed by atoms with Crippen molar-refractivity contribution in [2.75, 3.05) is 6.61 Å². The van der Waals surface area contributed by atoms with Gasteiger partial charge >= 0.3 is 5.97 Å². The van der Waals surface area contributed by atoms with Gasteiger partial charge in [-0.3, -0.25) is 9.63 Å². The third-order valence-electron chi connectivity index (χ3n) is 4.07. The Balaban J connectivity index is 2.28. The van der Waals surface area contributed by atoms with Gasteiger partial charge in [-0.25, -0.2) is 10.7 Å². The van der Waals surface area contributed by atoms with Gasteiger partial charge in [-0.05, 0) is 6.08 Å². The number of carbonyl (C=O) groups is 2. The first kappa shape index (κ1) is 21.5. The van der Waals surface area contributed by atoms with E-state index in [1.54, 1.807) is 0 Å². The molecule has 154 valence electrons. The van der Waals surface area contributed by atoms with Crippen LogP contribution in [0.25, 0.3) is 0 Å². The maximum absolute atomic E-state index is 11.4. The SMILES string of the molecule is CC(=O)N[C@@H]1[C@@H](O[C@@H]2OC(C(=O)O)=C[C@H](O)[C@H]2ON)[C@H](O)[C@@H](CO)O[C@@H]1O. The Kier molecular flexibility index (Phi) is 7.07. The van der Waals surface area contributed by atoms with Crippen molar-refractivity contribution < 1.29 is 54.2 Å². The summed E-state index contributed by atoms with van der Waals surface area (Å²) in [4.78, 5) is 27.1. The van der Waals surface area contributed by atoms with Gasteiger partial charge in [0.1, 0.15) is 30.5 Å². The van der Waals surface area contributed by atoms with Crippen LogP contribution < -0.4 is 11.2 Å². The van der Waals surface area contributed by atoms with Crippen LogP contribution in [0, 0.1) is 0 Å². The number of rotatable bonds is 6. The van der Waals surface area contributed by atoms with Gasteiger partial charge in [0.2, 0.25) is 18.0 Å². The largest absolute Gasteiger partial charge is 0.475 e. The molecule has 1 fully saturated rings. The average Bonchev–Trinajstić information content (AvgIpc) is 2.60. The molecule has 0 aromatic carbocycles. The van der Waals surface area contributed by atoms with Crippen molar-refractivity contribution in [3.8, 4) is 0 Å². The van der Waals surface area contributed by atoms with E-state index in [4.69, 9.17) is 25.2 Å². The summed E-state index contributed by atoms with van der Waals surface area (Å²) in [6, 6.07) is -1.31. The van der Waals surface area contributed by atoms with Crippen molar-refractivity contribution in [2.45, 2.75) is 56.1 Å². The molecule has 0 aliphatic carbocycles. The standard InChI is InChI=1S/C14H22N2O11/c1-4(18)16-8-11(9(20)7(3-17)24-13(8)23)26-14-10(27-15)5(19)2-6(25-14)12(21)22/h2,5,7-11,13-14,17,19-20,23H,3,15H2,1H3,(H,16,18)(H,21,22)/t5-,7+,8+,9+,10+,11+,13-,14-/m0/s1. The molecule has 2 heterocycles. The summed E-state index contributed by atoms with van der Waals surface area (Å²) in [6.07, 6.45) is -9.61. The zero-order valence-electron chi connectivity index (χ0n) is 14.2. The molecule has 2 rings (SSSR count). The molecule has 0 radical (unpaired) electrons. The number of carboxylic acids is 1. The van der Waals surface area contributed by atoms with Crippen molar-refractivity contribution in [1.82, 2.24) is 5.32 Å². The number of ether oxygens (including phenoxy) is 3. The second-order valence-corrected chi connectivity index (χ2v) is 5.98. The first-order valence-corrected chi connectivity index (χ1v) is 7.90. The highest BCUT2D eigenvalue weighted by Gasteiger charge is 2.49. The van der Waals surface area contributed by atoms with Crippen molar-refractivity contribution in [3.05, 3.63) is 11.8 Å². The van der Waals surface area contributed by atoms with Gasteiger partial charge < -0.3 is 45.1 Å². The molecule has 13 heteroatoms. The van der Waals surface area contributed by atoms with Crippen LogP contribution in [0.1, 0.15) is 6.92 Å². The summed E-state index contributed by atoms with van der Waals surface area (Å²) < 4.78 is 15.6. The third kappa shape index (κ3) is 4.72. The lowest BCUT2D eigenvalue weighted by molar-refractivity contribution is -0.306. The number of hydrogen-bond acceptors (Lipinski definition) is 11. The Morgan fingerprint density at radius 1 is 1.30 bits per heavy atom. The maximum Gasteiger partial charge on any atom is 0.371 e. The van der Waals surface area contributed by atoms with E-state index < -0.39 is 73.4 Å². The fourth-order valence-electron chi connectivity index (χ4n) is 2.80. The summed E-state index contributed by atoms with van der Waals surface area (Å²) in [5, 5.41) is 51.1. The van der Waals surface area contributed by atoms with E-state index in [2.05, 4.69) is 10.2 Å². The van der Waals surface area contributed by atoms with Crippen LogP contribution in [0.5, 0.6) is 0 Å². The molecular weight excluding hydrogens is 372 g/mol. The van der Waals surface area contributed by atoms with E-state index in [9.17, 15) is 30.0 Å². The number of hydrogen-bond donors (Lipinski definition) is 7. The highest BCUT2D eigenvalue weighted by atomic mass is 16.7. The van der Waals surface area contributed by atoms with Crippen LogP contribution in [-0.4, -0.2) is 93.2 Å². The number of carbonyl (C=O) groups excluding carboxylic acids is 1. The molecule has 0 unspecified atom stereocenters. The zero-order chi connectivity index (χ0) is 20.3. The second kappa shape index (κ2) is 8.90. The number of aliphatic hydroxyl groups is 4. The Morgan fingerprint density at radius 3 is 2.48 bits per heavy atom. The van der Waals surface area contributed by atoms with E-state index in [1.807, 2.05) is 0 Å². The molecular formula is C14H22N2O11. The predicted octanol–water partition coefficient (Wildman–Crippen LogP) is -4.11. The summed E-state index contributed by atoms with van der Waals surface area (Å²) >= 11 is 0. The van der Waals surface area contributed by atoms with Crippen molar-refractivity contribution in [1.29, 1.82) is 0 Å². The molecule has 0 bridgehead atoms. The topological polar surface area (TPSA) is 210 Å². The van der Waals surface area contributed by atoms with Crippen molar-refractivity contribution in [2.24, 2.45) is 5.90 Å². The van der Waals surface area contributed by atoms with Crippen LogP contribution in [0.15, 0.2) is 11.8 Å². The van der Waals surface area contributed by atoms with E-state index in [0.29, 0.717) is 0 Å². The lowest BCUT2D eigenvalue weighted by atomic mass is 9.96. The summed E-state index contributed by atoms with van der Waals surface area (Å²) in [7, 11) is 0. The molecule has 0 aromatic rings. The molecule has 1 saturated heterocycles. The molecule has 0 saturated carbocycles. The lowest BCUT2D eigenvalue weighted by Gasteiger charge is -2.44. The summed E-state index contributed by atoms with van der Waals surface area (Å²) in [6.45, 7) is 0.461. The molecule has 8 N–H and O–H groups in total. The van der Waals surface area contributed by atoms with Gasteiger partial charge in [-0.15, -0.1) is 0 Å². The van der Waals surface area contributed by atoms with Crippen molar-refractivity contribution >= 4 is 11.9 Å². The first-order chi connectivity index (χ1) is 12.7. The van der Waals surface area contributed by atoms with Gasteiger partial charge in [0, 0.05) is 6.92 Å². The predicted molar refractivity (Wildman–Crippen MR) is 82.1 cm³/mol. The van der Waals surface area contributed by atoms with E-state index in [-0.39, 0.29) is 0 Å². The molecule has 1 amide bonds. The van der Waals surface area contributed by atoms with Crippen molar-refractivity contribution in [3.63, 3.8) is 0 Å². The van der Waals surface area contributed by atoms with E-state index in [0.717, 1.165) is 13.0 Å². The minimum atomic E-state index is -1.67. The fourth-order valence-corrected chi connectivity index (χ4v) is 2.80. The second-order valence-electron chi connectivity index (χ2n) is 5.98. The summed E-state index contributed by atoms with van der Waals surface area (Å²) in [5.74, 6) is 2.35. The summed E-state index contributed by atoms with van der Waals surface area (Å²) in [5.41, 5.74) is 0. The number of amides is 1. The quantitative estimate of drug-likeness (QED) is 0.214. The third-order valence-corrected chi connectivity index (χ3v) is 4.07. The Labute approximate surface area is 152 Å².